The van der Waals surface area contributed by atoms with Crippen LogP contribution in [0.4, 0.5) is 0 Å². The third-order valence-corrected chi connectivity index (χ3v) is 19.3. The third kappa shape index (κ3) is 10.4. The third-order valence-electron chi connectivity index (χ3n) is 10.6. The molecular formula is C48H58N4O12P4. The van der Waals surface area contributed by atoms with E-state index in [0.717, 1.165) is 0 Å². The Bertz CT molecular complexity index is 2840. The number of benzene rings is 2. The van der Waals surface area contributed by atoms with Gasteiger partial charge in [-0.2, -0.15) is 0 Å². The van der Waals surface area contributed by atoms with Gasteiger partial charge in [-0.05, 0) is 139 Å². The van der Waals surface area contributed by atoms with Gasteiger partial charge in [0.2, 0.25) is 0 Å². The van der Waals surface area contributed by atoms with E-state index in [1.54, 1.807) is 140 Å². The van der Waals surface area contributed by atoms with E-state index in [2.05, 4.69) is 9.97 Å². The summed E-state index contributed by atoms with van der Waals surface area (Å²) in [5, 5.41) is 1.15. The molecule has 0 atom stereocenters. The van der Waals surface area contributed by atoms with Gasteiger partial charge in [0, 0.05) is 22.2 Å². The highest BCUT2D eigenvalue weighted by molar-refractivity contribution is 7.63. The van der Waals surface area contributed by atoms with E-state index in [0.29, 0.717) is 77.7 Å². The van der Waals surface area contributed by atoms with Gasteiger partial charge < -0.3 is 46.2 Å². The topological polar surface area (TPSA) is 199 Å². The maximum absolute atomic E-state index is 15.1. The Hall–Kier alpha value is -4.36. The van der Waals surface area contributed by atoms with E-state index in [-0.39, 0.29) is 63.5 Å². The first-order valence-corrected chi connectivity index (χ1v) is 28.9. The van der Waals surface area contributed by atoms with Gasteiger partial charge in [0.25, 0.3) is 0 Å². The van der Waals surface area contributed by atoms with Crippen LogP contribution in [0.15, 0.2) is 72.8 Å². The van der Waals surface area contributed by atoms with Crippen molar-refractivity contribution in [1.82, 2.24) is 19.9 Å². The fraction of sp³-hybridized carbons (Fsp3) is 0.333. The van der Waals surface area contributed by atoms with Crippen LogP contribution < -0.4 is 21.2 Å². The van der Waals surface area contributed by atoms with Gasteiger partial charge in [0.05, 0.1) is 97.3 Å². The summed E-state index contributed by atoms with van der Waals surface area (Å²) in [6.45, 7) is 15.0. The van der Waals surface area contributed by atoms with Crippen LogP contribution in [-0.2, 0) is 54.5 Å². The van der Waals surface area contributed by atoms with Gasteiger partial charge in [-0.3, -0.25) is 18.3 Å². The molecule has 0 spiro atoms. The minimum Gasteiger partial charge on any atom is -0.354 e. The van der Waals surface area contributed by atoms with E-state index in [1.165, 1.54) is 0 Å². The summed E-state index contributed by atoms with van der Waals surface area (Å²) in [4.78, 5) is 17.3. The lowest BCUT2D eigenvalue weighted by molar-refractivity contribution is 0.229. The molecule has 0 saturated carbocycles. The molecule has 5 aromatic rings. The van der Waals surface area contributed by atoms with E-state index in [9.17, 15) is 9.13 Å². The van der Waals surface area contributed by atoms with Crippen LogP contribution in [0.3, 0.4) is 0 Å². The minimum absolute atomic E-state index is 0.0682. The van der Waals surface area contributed by atoms with Crippen LogP contribution >= 0.6 is 30.4 Å². The zero-order valence-corrected chi connectivity index (χ0v) is 43.1. The molecule has 0 unspecified atom stereocenters. The second-order valence-electron chi connectivity index (χ2n) is 14.9. The number of rotatable bonds is 22. The van der Waals surface area contributed by atoms with Gasteiger partial charge in [0.1, 0.15) is 10.6 Å². The Kier molecular flexibility index (Phi) is 16.8. The Morgan fingerprint density at radius 2 is 0.632 bits per heavy atom. The molecule has 2 aliphatic heterocycles. The van der Waals surface area contributed by atoms with Crippen LogP contribution in [0.25, 0.3) is 68.6 Å². The molecule has 0 aliphatic carbocycles. The Balaban J connectivity index is 1.64. The summed E-state index contributed by atoms with van der Waals surface area (Å²) in [5.41, 5.74) is 5.97. The molecule has 0 saturated heterocycles. The van der Waals surface area contributed by atoms with Crippen molar-refractivity contribution < 1.29 is 54.5 Å². The van der Waals surface area contributed by atoms with Crippen LogP contribution in [0.5, 0.6) is 0 Å². The van der Waals surface area contributed by atoms with Crippen LogP contribution in [0.2, 0.25) is 0 Å². The predicted octanol–water partition coefficient (Wildman–Crippen LogP) is 11.6. The van der Waals surface area contributed by atoms with Gasteiger partial charge in [0.15, 0.2) is 0 Å². The van der Waals surface area contributed by atoms with E-state index in [1.807, 2.05) is 12.1 Å². The molecule has 2 N–H and O–H groups in total. The van der Waals surface area contributed by atoms with Crippen molar-refractivity contribution in [3.05, 3.63) is 95.6 Å². The first kappa shape index (κ1) is 51.5. The fourth-order valence-corrected chi connectivity index (χ4v) is 14.9. The first-order chi connectivity index (χ1) is 32.8. The predicted molar refractivity (Wildman–Crippen MR) is 272 cm³/mol. The molecule has 0 radical (unpaired) electrons. The largest absolute Gasteiger partial charge is 0.365 e. The van der Waals surface area contributed by atoms with Crippen molar-refractivity contribution in [2.45, 2.75) is 55.4 Å². The standard InChI is InChI=1S/C48H58N4O12P4/c1-9-57-65(53,58-10-2)35-21-17-33(18-22-35)45-37-25-29-41(49-37)47(67(55,61-13-5)62-14-6)43-31-27-39(51-43)46(34-19-23-36(24-20-34)66(54,59-11-3)60-12-4)40-28-32-44(52-40)48(42-30-26-38(45)50-42)68(56,63-15-7)64-16-8/h17-32,49,51H,9-16H2,1-8H3. The average Bonchev–Trinajstić information content (AvgIpc) is 4.16. The highest BCUT2D eigenvalue weighted by Crippen LogP contribution is 2.52. The molecule has 7 rings (SSSR count). The maximum Gasteiger partial charge on any atom is 0.365 e. The number of aromatic amines is 2. The van der Waals surface area contributed by atoms with Crippen molar-refractivity contribution >= 4 is 98.0 Å². The number of nitrogens with zero attached hydrogens (tertiary/aromatic N) is 2. The number of hydrogen-bond acceptors (Lipinski definition) is 14. The molecule has 0 amide bonds. The second kappa shape index (κ2) is 22.2. The van der Waals surface area contributed by atoms with Gasteiger partial charge in [-0.25, -0.2) is 9.97 Å². The van der Waals surface area contributed by atoms with Crippen LogP contribution in [-0.4, -0.2) is 72.8 Å². The molecular weight excluding hydrogens is 948 g/mol. The Labute approximate surface area is 397 Å². The molecule has 362 valence electrons. The molecule has 8 bridgehead atoms. The number of H-pyrrole nitrogens is 2. The molecule has 2 aliphatic rings. The highest BCUT2D eigenvalue weighted by Gasteiger charge is 2.36. The summed E-state index contributed by atoms with van der Waals surface area (Å²) in [6.07, 6.45) is 7.07. The second-order valence-corrected chi connectivity index (χ2v) is 22.8. The van der Waals surface area contributed by atoms with E-state index >= 15 is 9.13 Å². The fourth-order valence-electron chi connectivity index (χ4n) is 8.05. The summed E-state index contributed by atoms with van der Waals surface area (Å²) >= 11 is 0. The van der Waals surface area contributed by atoms with Crippen molar-refractivity contribution in [3.8, 4) is 22.3 Å². The first-order valence-electron chi connectivity index (χ1n) is 22.7. The van der Waals surface area contributed by atoms with Crippen LogP contribution in [0.1, 0.15) is 78.2 Å². The zero-order chi connectivity index (χ0) is 48.7. The lowest BCUT2D eigenvalue weighted by Crippen LogP contribution is -2.17. The van der Waals surface area contributed by atoms with Gasteiger partial charge in [-0.1, -0.05) is 24.3 Å². The number of hydrogen-bond donors (Lipinski definition) is 2. The normalized spacial score (nSPS) is 13.2. The van der Waals surface area contributed by atoms with E-state index in [4.69, 9.17) is 46.2 Å². The number of aromatic nitrogens is 4. The van der Waals surface area contributed by atoms with Gasteiger partial charge >= 0.3 is 30.4 Å². The van der Waals surface area contributed by atoms with Crippen molar-refractivity contribution in [1.29, 1.82) is 0 Å². The lowest BCUT2D eigenvalue weighted by atomic mass is 10.0. The molecule has 5 heterocycles. The Morgan fingerprint density at radius 3 is 0.956 bits per heavy atom. The highest BCUT2D eigenvalue weighted by atomic mass is 31.2. The van der Waals surface area contributed by atoms with Crippen molar-refractivity contribution in [2.24, 2.45) is 0 Å². The molecule has 20 heteroatoms. The summed E-state index contributed by atoms with van der Waals surface area (Å²) in [5.74, 6) is 0. The summed E-state index contributed by atoms with van der Waals surface area (Å²) in [6, 6.07) is 21.2. The monoisotopic (exact) mass is 1010 g/mol. The Morgan fingerprint density at radius 1 is 0.353 bits per heavy atom. The SMILES string of the molecule is CCOP(=O)(OCC)c1ccc(-c2c3nc(c(P(=O)(OCC)OCC)c4nc(c(-c5ccc(P(=O)(OCC)OCC)cc5)c5ccc([nH]5)c(P(=O)(OCC)OCC)c5ccc2[nH]5)C=C4)C=C3)cc1. The van der Waals surface area contributed by atoms with Gasteiger partial charge in [-0.15, -0.1) is 0 Å². The van der Waals surface area contributed by atoms with E-state index < -0.39 is 30.4 Å². The molecule has 2 aromatic carbocycles. The number of nitrogens with one attached hydrogen (secondary N) is 2. The average molecular weight is 1010 g/mol. The molecule has 0 fully saturated rings. The zero-order valence-electron chi connectivity index (χ0n) is 39.5. The van der Waals surface area contributed by atoms with Crippen molar-refractivity contribution in [3.63, 3.8) is 0 Å². The number of fused-ring (bicyclic) bond motifs is 8. The molecule has 68 heavy (non-hydrogen) atoms. The smallest absolute Gasteiger partial charge is 0.354 e. The lowest BCUT2D eigenvalue weighted by Gasteiger charge is -2.18. The van der Waals surface area contributed by atoms with Crippen LogP contribution in [0, 0.1) is 0 Å². The molecule has 16 nitrogen and oxygen atoms in total. The minimum atomic E-state index is -4.11. The quantitative estimate of drug-likeness (QED) is 0.0608. The summed E-state index contributed by atoms with van der Waals surface area (Å²) in [7, 11) is -15.4. The van der Waals surface area contributed by atoms with Crippen molar-refractivity contribution in [2.75, 3.05) is 52.9 Å². The molecule has 3 aromatic heterocycles. The maximum atomic E-state index is 15.1. The summed E-state index contributed by atoms with van der Waals surface area (Å²) < 4.78 is 105.